The van der Waals surface area contributed by atoms with Crippen LogP contribution >= 0.6 is 0 Å². The molecule has 0 fully saturated rings. The van der Waals surface area contributed by atoms with Crippen LogP contribution in [-0.4, -0.2) is 27.8 Å². The fraction of sp³-hybridized carbons (Fsp3) is 0.263. The maximum atomic E-state index is 12.2. The third-order valence-electron chi connectivity index (χ3n) is 3.71. The third-order valence-corrected chi connectivity index (χ3v) is 3.71. The van der Waals surface area contributed by atoms with Gasteiger partial charge < -0.3 is 5.11 Å². The number of carboxylic acid groups (broad SMARTS) is 1. The number of carbonyl (C=O) groups is 2. The van der Waals surface area contributed by atoms with Gasteiger partial charge in [-0.05, 0) is 11.1 Å². The first-order chi connectivity index (χ1) is 11.1. The molecule has 4 heteroatoms. The predicted molar refractivity (Wildman–Crippen MR) is 88.9 cm³/mol. The lowest BCUT2D eigenvalue weighted by molar-refractivity contribution is -0.148. The van der Waals surface area contributed by atoms with Gasteiger partial charge in [0.2, 0.25) is 0 Å². The van der Waals surface area contributed by atoms with Gasteiger partial charge in [0.25, 0.3) is 0 Å². The van der Waals surface area contributed by atoms with Crippen molar-refractivity contribution >= 4 is 11.8 Å². The minimum atomic E-state index is -1.12. The van der Waals surface area contributed by atoms with Gasteiger partial charge in [0, 0.05) is 19.5 Å². The molecule has 0 aromatic heterocycles. The second-order valence-corrected chi connectivity index (χ2v) is 5.44. The Labute approximate surface area is 136 Å². The molecular weight excluding hydrogens is 290 g/mol. The molecule has 2 aromatic carbocycles. The quantitative estimate of drug-likeness (QED) is 0.761. The first-order valence-corrected chi connectivity index (χ1v) is 7.69. The molecule has 2 rings (SSSR count). The maximum absolute atomic E-state index is 12.2. The number of aliphatic carboxylic acids is 1. The zero-order valence-corrected chi connectivity index (χ0v) is 13.2. The molecular formula is C19H21NO3. The summed E-state index contributed by atoms with van der Waals surface area (Å²) in [5, 5.41) is 9.54. The lowest BCUT2D eigenvalue weighted by Gasteiger charge is -2.28. The smallest absolute Gasteiger partial charge is 0.328 e. The number of Topliss-reactive ketones (excluding diaryl/α,β-unsaturated/α-hetero) is 1. The van der Waals surface area contributed by atoms with E-state index in [1.807, 2.05) is 60.7 Å². The molecule has 0 bridgehead atoms. The van der Waals surface area contributed by atoms with Gasteiger partial charge in [0.1, 0.15) is 0 Å². The van der Waals surface area contributed by atoms with E-state index in [-0.39, 0.29) is 12.2 Å². The van der Waals surface area contributed by atoms with Gasteiger partial charge in [0.05, 0.1) is 0 Å². The Bertz CT molecular complexity index is 599. The van der Waals surface area contributed by atoms with Crippen LogP contribution in [0.1, 0.15) is 24.5 Å². The second-order valence-electron chi connectivity index (χ2n) is 5.44. The highest BCUT2D eigenvalue weighted by Crippen LogP contribution is 2.15. The number of carboxylic acids is 1. The summed E-state index contributed by atoms with van der Waals surface area (Å²) in [6.07, 6.45) is 0.205. The molecule has 0 aliphatic rings. The van der Waals surface area contributed by atoms with E-state index in [0.29, 0.717) is 13.1 Å². The monoisotopic (exact) mass is 311 g/mol. The van der Waals surface area contributed by atoms with Gasteiger partial charge in [-0.2, -0.15) is 0 Å². The number of carbonyl (C=O) groups excluding carboxylic acids is 1. The van der Waals surface area contributed by atoms with Crippen LogP contribution in [0, 0.1) is 0 Å². The SMILES string of the molecule is CCC(=O)C(C(=O)O)N(Cc1ccccc1)Cc1ccccc1. The van der Waals surface area contributed by atoms with Crippen LogP contribution in [0.15, 0.2) is 60.7 Å². The first-order valence-electron chi connectivity index (χ1n) is 7.69. The van der Waals surface area contributed by atoms with Crippen molar-refractivity contribution in [1.82, 2.24) is 4.90 Å². The van der Waals surface area contributed by atoms with E-state index in [4.69, 9.17) is 0 Å². The Hall–Kier alpha value is -2.46. The van der Waals surface area contributed by atoms with Crippen LogP contribution < -0.4 is 0 Å². The number of rotatable bonds is 8. The molecule has 1 unspecified atom stereocenters. The topological polar surface area (TPSA) is 57.6 Å². The number of nitrogens with zero attached hydrogens (tertiary/aromatic N) is 1. The third kappa shape index (κ3) is 4.76. The molecule has 4 nitrogen and oxygen atoms in total. The summed E-state index contributed by atoms with van der Waals surface area (Å²) in [6.45, 7) is 2.53. The van der Waals surface area contributed by atoms with Crippen molar-refractivity contribution in [2.24, 2.45) is 0 Å². The van der Waals surface area contributed by atoms with Crippen molar-refractivity contribution in [3.8, 4) is 0 Å². The molecule has 120 valence electrons. The van der Waals surface area contributed by atoms with Crippen LogP contribution in [0.3, 0.4) is 0 Å². The predicted octanol–water partition coefficient (Wildman–Crippen LogP) is 3.12. The fourth-order valence-electron chi connectivity index (χ4n) is 2.57. The van der Waals surface area contributed by atoms with E-state index in [1.54, 1.807) is 11.8 Å². The van der Waals surface area contributed by atoms with Crippen molar-refractivity contribution in [2.75, 3.05) is 0 Å². The van der Waals surface area contributed by atoms with Gasteiger partial charge in [0.15, 0.2) is 11.8 Å². The minimum absolute atomic E-state index is 0.205. The van der Waals surface area contributed by atoms with Crippen molar-refractivity contribution in [3.63, 3.8) is 0 Å². The summed E-state index contributed by atoms with van der Waals surface area (Å²) in [5.41, 5.74) is 1.97. The Morgan fingerprint density at radius 2 is 1.35 bits per heavy atom. The summed E-state index contributed by atoms with van der Waals surface area (Å²) >= 11 is 0. The Morgan fingerprint density at radius 3 is 1.70 bits per heavy atom. The van der Waals surface area contributed by atoms with Crippen LogP contribution in [-0.2, 0) is 22.7 Å². The molecule has 0 radical (unpaired) electrons. The zero-order chi connectivity index (χ0) is 16.7. The molecule has 0 spiro atoms. The molecule has 2 aromatic rings. The van der Waals surface area contributed by atoms with E-state index in [9.17, 15) is 14.7 Å². The molecule has 0 aliphatic carbocycles. The van der Waals surface area contributed by atoms with Crippen LogP contribution in [0.2, 0.25) is 0 Å². The highest BCUT2D eigenvalue weighted by Gasteiger charge is 2.31. The molecule has 1 atom stereocenters. The van der Waals surface area contributed by atoms with Gasteiger partial charge in [-0.15, -0.1) is 0 Å². The number of ketones is 1. The second kappa shape index (κ2) is 8.25. The average Bonchev–Trinajstić information content (AvgIpc) is 2.56. The number of benzene rings is 2. The Morgan fingerprint density at radius 1 is 0.913 bits per heavy atom. The van der Waals surface area contributed by atoms with E-state index in [0.717, 1.165) is 11.1 Å². The van der Waals surface area contributed by atoms with Crippen LogP contribution in [0.4, 0.5) is 0 Å². The maximum Gasteiger partial charge on any atom is 0.328 e. The normalized spacial score (nSPS) is 12.1. The molecule has 0 saturated heterocycles. The lowest BCUT2D eigenvalue weighted by Crippen LogP contribution is -2.45. The van der Waals surface area contributed by atoms with Crippen molar-refractivity contribution in [2.45, 2.75) is 32.5 Å². The first kappa shape index (κ1) is 16.9. The molecule has 23 heavy (non-hydrogen) atoms. The molecule has 1 N–H and O–H groups in total. The highest BCUT2D eigenvalue weighted by molar-refractivity contribution is 6.02. The summed E-state index contributed by atoms with van der Waals surface area (Å²) in [5.74, 6) is -1.37. The Balaban J connectivity index is 2.29. The van der Waals surface area contributed by atoms with E-state index < -0.39 is 12.0 Å². The van der Waals surface area contributed by atoms with Crippen molar-refractivity contribution in [1.29, 1.82) is 0 Å². The highest BCUT2D eigenvalue weighted by atomic mass is 16.4. The standard InChI is InChI=1S/C19H21NO3/c1-2-17(21)18(19(22)23)20(13-15-9-5-3-6-10-15)14-16-11-7-4-8-12-16/h3-12,18H,2,13-14H2,1H3,(H,22,23). The number of hydrogen-bond acceptors (Lipinski definition) is 3. The fourth-order valence-corrected chi connectivity index (χ4v) is 2.57. The largest absolute Gasteiger partial charge is 0.480 e. The van der Waals surface area contributed by atoms with Gasteiger partial charge >= 0.3 is 5.97 Å². The average molecular weight is 311 g/mol. The summed E-state index contributed by atoms with van der Waals surface area (Å²) in [7, 11) is 0. The molecule has 0 heterocycles. The number of hydrogen-bond donors (Lipinski definition) is 1. The summed E-state index contributed by atoms with van der Waals surface area (Å²) < 4.78 is 0. The summed E-state index contributed by atoms with van der Waals surface area (Å²) in [6, 6.07) is 18.1. The van der Waals surface area contributed by atoms with Gasteiger partial charge in [-0.3, -0.25) is 14.5 Å². The lowest BCUT2D eigenvalue weighted by atomic mass is 10.1. The molecule has 0 aliphatic heterocycles. The Kier molecular flexibility index (Phi) is 6.06. The van der Waals surface area contributed by atoms with E-state index >= 15 is 0 Å². The van der Waals surface area contributed by atoms with Crippen LogP contribution in [0.25, 0.3) is 0 Å². The van der Waals surface area contributed by atoms with Crippen molar-refractivity contribution in [3.05, 3.63) is 71.8 Å². The van der Waals surface area contributed by atoms with Crippen LogP contribution in [0.5, 0.6) is 0 Å². The van der Waals surface area contributed by atoms with E-state index in [2.05, 4.69) is 0 Å². The molecule has 0 saturated carbocycles. The van der Waals surface area contributed by atoms with E-state index in [1.165, 1.54) is 0 Å². The van der Waals surface area contributed by atoms with Gasteiger partial charge in [-0.25, -0.2) is 0 Å². The summed E-state index contributed by atoms with van der Waals surface area (Å²) in [4.78, 5) is 25.5. The van der Waals surface area contributed by atoms with Gasteiger partial charge in [-0.1, -0.05) is 67.6 Å². The minimum Gasteiger partial charge on any atom is -0.480 e. The molecule has 0 amide bonds. The van der Waals surface area contributed by atoms with Crippen molar-refractivity contribution < 1.29 is 14.7 Å². The zero-order valence-electron chi connectivity index (χ0n) is 13.2.